The zero-order valence-electron chi connectivity index (χ0n) is 14.1. The van der Waals surface area contributed by atoms with Crippen molar-refractivity contribution in [2.24, 2.45) is 16.3 Å². The van der Waals surface area contributed by atoms with E-state index in [0.29, 0.717) is 30.9 Å². The molecule has 0 aliphatic heterocycles. The summed E-state index contributed by atoms with van der Waals surface area (Å²) in [7, 11) is 3.15. The van der Waals surface area contributed by atoms with E-state index in [4.69, 9.17) is 9.47 Å². The summed E-state index contributed by atoms with van der Waals surface area (Å²) < 4.78 is 10.6. The van der Waals surface area contributed by atoms with Crippen LogP contribution in [0.15, 0.2) is 23.2 Å². The van der Waals surface area contributed by atoms with Crippen LogP contribution in [0.2, 0.25) is 0 Å². The molecule has 23 heavy (non-hydrogen) atoms. The maximum atomic E-state index is 12.1. The van der Waals surface area contributed by atoms with Gasteiger partial charge in [0.25, 0.3) is 0 Å². The van der Waals surface area contributed by atoms with E-state index >= 15 is 0 Å². The van der Waals surface area contributed by atoms with Gasteiger partial charge in [-0.15, -0.1) is 0 Å². The number of aliphatic imine (C=N–C) groups is 1. The van der Waals surface area contributed by atoms with Crippen LogP contribution in [0.5, 0.6) is 11.5 Å². The lowest BCUT2D eigenvalue weighted by molar-refractivity contribution is -0.136. The molecule has 1 fully saturated rings. The summed E-state index contributed by atoms with van der Waals surface area (Å²) in [6.07, 6.45) is 2.31. The summed E-state index contributed by atoms with van der Waals surface area (Å²) in [5.41, 5.74) is 0.605. The first-order valence-electron chi connectivity index (χ1n) is 7.63. The Morgan fingerprint density at radius 2 is 1.83 bits per heavy atom. The summed E-state index contributed by atoms with van der Waals surface area (Å²) in [5.74, 6) is 0.446. The summed E-state index contributed by atoms with van der Waals surface area (Å²) in [6.45, 7) is 4.22. The number of hydrogen-bond acceptors (Lipinski definition) is 5. The van der Waals surface area contributed by atoms with Crippen LogP contribution in [-0.2, 0) is 16.1 Å². The fourth-order valence-electron chi connectivity index (χ4n) is 2.91. The summed E-state index contributed by atoms with van der Waals surface area (Å²) in [5, 5.41) is 0. The van der Waals surface area contributed by atoms with E-state index in [1.807, 2.05) is 32.0 Å². The SMILES string of the molecule is COc1cccc(CN=CC2C(=O)CC(C)(C)CC2=O)c1OC. The van der Waals surface area contributed by atoms with E-state index in [9.17, 15) is 9.59 Å². The molecule has 0 spiro atoms. The molecule has 124 valence electrons. The summed E-state index contributed by atoms with van der Waals surface area (Å²) >= 11 is 0. The minimum absolute atomic E-state index is 0.0485. The molecule has 0 N–H and O–H groups in total. The Bertz CT molecular complexity index is 614. The Labute approximate surface area is 136 Å². The molecule has 0 heterocycles. The van der Waals surface area contributed by atoms with Crippen molar-refractivity contribution in [3.63, 3.8) is 0 Å². The number of Topliss-reactive ketones (excluding diaryl/α,β-unsaturated/α-hetero) is 2. The van der Waals surface area contributed by atoms with E-state index in [-0.39, 0.29) is 17.0 Å². The van der Waals surface area contributed by atoms with Crippen molar-refractivity contribution in [2.75, 3.05) is 14.2 Å². The second-order valence-electron chi connectivity index (χ2n) is 6.57. The fourth-order valence-corrected chi connectivity index (χ4v) is 2.91. The van der Waals surface area contributed by atoms with Crippen molar-refractivity contribution in [1.29, 1.82) is 0 Å². The highest BCUT2D eigenvalue weighted by Crippen LogP contribution is 2.34. The van der Waals surface area contributed by atoms with Gasteiger partial charge in [0.2, 0.25) is 0 Å². The Hall–Kier alpha value is -2.17. The molecule has 5 heteroatoms. The Kier molecular flexibility index (Phi) is 5.19. The number of carbonyl (C=O) groups is 2. The third kappa shape index (κ3) is 3.97. The van der Waals surface area contributed by atoms with Gasteiger partial charge in [0.05, 0.1) is 20.8 Å². The quantitative estimate of drug-likeness (QED) is 0.619. The highest BCUT2D eigenvalue weighted by molar-refractivity contribution is 6.16. The highest BCUT2D eigenvalue weighted by atomic mass is 16.5. The number of ether oxygens (including phenoxy) is 2. The number of nitrogens with zero attached hydrogens (tertiary/aromatic N) is 1. The largest absolute Gasteiger partial charge is 0.493 e. The molecular weight excluding hydrogens is 294 g/mol. The molecule has 1 aromatic carbocycles. The molecule has 0 saturated heterocycles. The van der Waals surface area contributed by atoms with Gasteiger partial charge in [0.15, 0.2) is 11.5 Å². The third-order valence-corrected chi connectivity index (χ3v) is 4.00. The third-order valence-electron chi connectivity index (χ3n) is 4.00. The molecule has 0 radical (unpaired) electrons. The van der Waals surface area contributed by atoms with Crippen molar-refractivity contribution in [3.8, 4) is 11.5 Å². The van der Waals surface area contributed by atoms with E-state index in [1.54, 1.807) is 14.2 Å². The molecule has 1 saturated carbocycles. The maximum absolute atomic E-state index is 12.1. The van der Waals surface area contributed by atoms with Crippen LogP contribution in [0.4, 0.5) is 0 Å². The first kappa shape index (κ1) is 17.2. The van der Waals surface area contributed by atoms with Crippen molar-refractivity contribution in [1.82, 2.24) is 0 Å². The van der Waals surface area contributed by atoms with Crippen LogP contribution in [0, 0.1) is 11.3 Å². The van der Waals surface area contributed by atoms with Gasteiger partial charge < -0.3 is 9.47 Å². The van der Waals surface area contributed by atoms with Gasteiger partial charge >= 0.3 is 0 Å². The number of benzene rings is 1. The van der Waals surface area contributed by atoms with Crippen LogP contribution in [0.3, 0.4) is 0 Å². The second-order valence-corrected chi connectivity index (χ2v) is 6.57. The lowest BCUT2D eigenvalue weighted by Crippen LogP contribution is -2.38. The van der Waals surface area contributed by atoms with Gasteiger partial charge in [-0.2, -0.15) is 0 Å². The standard InChI is InChI=1S/C18H23NO4/c1-18(2)8-14(20)13(15(21)9-18)11-19-10-12-6-5-7-16(22-3)17(12)23-4/h5-7,11,13H,8-10H2,1-4H3. The van der Waals surface area contributed by atoms with Crippen molar-refractivity contribution >= 4 is 17.8 Å². The predicted octanol–water partition coefficient (Wildman–Crippen LogP) is 2.85. The predicted molar refractivity (Wildman–Crippen MR) is 88.3 cm³/mol. The second kappa shape index (κ2) is 6.94. The molecule has 0 atom stereocenters. The molecule has 1 aliphatic rings. The van der Waals surface area contributed by atoms with E-state index < -0.39 is 5.92 Å². The fraction of sp³-hybridized carbons (Fsp3) is 0.500. The molecule has 0 bridgehead atoms. The zero-order chi connectivity index (χ0) is 17.0. The number of para-hydroxylation sites is 1. The normalized spacial score (nSPS) is 18.4. The van der Waals surface area contributed by atoms with Gasteiger partial charge in [0.1, 0.15) is 17.5 Å². The van der Waals surface area contributed by atoms with E-state index in [1.165, 1.54) is 6.21 Å². The number of ketones is 2. The smallest absolute Gasteiger partial charge is 0.165 e. The number of methoxy groups -OCH3 is 2. The lowest BCUT2D eigenvalue weighted by atomic mass is 9.72. The van der Waals surface area contributed by atoms with Crippen molar-refractivity contribution in [3.05, 3.63) is 23.8 Å². The average molecular weight is 317 g/mol. The summed E-state index contributed by atoms with van der Waals surface area (Å²) in [6, 6.07) is 5.54. The van der Waals surface area contributed by atoms with Gasteiger partial charge in [-0.1, -0.05) is 26.0 Å². The zero-order valence-corrected chi connectivity index (χ0v) is 14.1. The number of carbonyl (C=O) groups excluding carboxylic acids is 2. The van der Waals surface area contributed by atoms with Crippen molar-refractivity contribution in [2.45, 2.75) is 33.2 Å². The maximum Gasteiger partial charge on any atom is 0.165 e. The first-order chi connectivity index (χ1) is 10.9. The Morgan fingerprint density at radius 1 is 1.17 bits per heavy atom. The van der Waals surface area contributed by atoms with Crippen molar-refractivity contribution < 1.29 is 19.1 Å². The highest BCUT2D eigenvalue weighted by Gasteiger charge is 2.38. The lowest BCUT2D eigenvalue weighted by Gasteiger charge is -2.30. The molecule has 0 unspecified atom stereocenters. The molecular formula is C18H23NO4. The van der Waals surface area contributed by atoms with Crippen LogP contribution in [0.25, 0.3) is 0 Å². The van der Waals surface area contributed by atoms with E-state index in [0.717, 1.165) is 5.56 Å². The minimum atomic E-state index is -0.709. The van der Waals surface area contributed by atoms with Crippen LogP contribution >= 0.6 is 0 Å². The van der Waals surface area contributed by atoms with Crippen LogP contribution in [0.1, 0.15) is 32.3 Å². The van der Waals surface area contributed by atoms with Gasteiger partial charge in [-0.3, -0.25) is 14.6 Å². The van der Waals surface area contributed by atoms with Gasteiger partial charge in [-0.05, 0) is 11.5 Å². The average Bonchev–Trinajstić information content (AvgIpc) is 2.48. The molecule has 2 rings (SSSR count). The summed E-state index contributed by atoms with van der Waals surface area (Å²) in [4.78, 5) is 28.6. The molecule has 0 amide bonds. The number of hydrogen-bond donors (Lipinski definition) is 0. The van der Waals surface area contributed by atoms with Crippen LogP contribution < -0.4 is 9.47 Å². The monoisotopic (exact) mass is 317 g/mol. The Morgan fingerprint density at radius 3 is 2.39 bits per heavy atom. The first-order valence-corrected chi connectivity index (χ1v) is 7.63. The van der Waals surface area contributed by atoms with E-state index in [2.05, 4.69) is 4.99 Å². The Balaban J connectivity index is 2.11. The number of rotatable bonds is 5. The van der Waals surface area contributed by atoms with Gasteiger partial charge in [-0.25, -0.2) is 0 Å². The molecule has 0 aromatic heterocycles. The topological polar surface area (TPSA) is 65.0 Å². The molecule has 1 aliphatic carbocycles. The minimum Gasteiger partial charge on any atom is -0.493 e. The van der Waals surface area contributed by atoms with Crippen LogP contribution in [-0.4, -0.2) is 32.0 Å². The molecule has 5 nitrogen and oxygen atoms in total. The molecule has 1 aromatic rings. The van der Waals surface area contributed by atoms with Gasteiger partial charge in [0, 0.05) is 24.6 Å².